The number of hydrogen-bond donors (Lipinski definition) is 0. The molecule has 0 aliphatic rings. The summed E-state index contributed by atoms with van der Waals surface area (Å²) in [7, 11) is 2.15. The minimum atomic E-state index is 0.908. The molecule has 0 amide bonds. The molecule has 0 fully saturated rings. The van der Waals surface area contributed by atoms with E-state index in [-0.39, 0.29) is 0 Å². The summed E-state index contributed by atoms with van der Waals surface area (Å²) in [5.41, 5.74) is 3.70. The van der Waals surface area contributed by atoms with Crippen LogP contribution in [-0.4, -0.2) is 21.7 Å². The molecule has 2 aromatic heterocycles. The van der Waals surface area contributed by atoms with Gasteiger partial charge in [0.2, 0.25) is 0 Å². The summed E-state index contributed by atoms with van der Waals surface area (Å²) in [5, 5.41) is 8.85. The molecular weight excluding hydrogens is 310 g/mol. The van der Waals surface area contributed by atoms with Crippen LogP contribution in [0.5, 0.6) is 0 Å². The zero-order valence-electron chi connectivity index (χ0n) is 11.0. The van der Waals surface area contributed by atoms with Crippen LogP contribution in [0.3, 0.4) is 0 Å². The second kappa shape index (κ2) is 5.99. The summed E-state index contributed by atoms with van der Waals surface area (Å²) >= 11 is 5.39. The molecule has 0 saturated carbocycles. The summed E-state index contributed by atoms with van der Waals surface area (Å²) in [6, 6.07) is 2.18. The minimum absolute atomic E-state index is 0.908. The molecule has 0 N–H and O–H groups in total. The molecule has 2 heterocycles. The lowest BCUT2D eigenvalue weighted by Crippen LogP contribution is -2.19. The van der Waals surface area contributed by atoms with Crippen LogP contribution in [0.15, 0.2) is 21.3 Å². The average Bonchev–Trinajstić information content (AvgIpc) is 2.92. The first kappa shape index (κ1) is 13.8. The van der Waals surface area contributed by atoms with E-state index < -0.39 is 0 Å². The molecule has 0 radical (unpaired) electrons. The molecule has 0 saturated heterocycles. The molecule has 5 heteroatoms. The SMILES string of the molecule is CCn1nc(C)c(Br)c1CN(C)Cc1ccsc1. The van der Waals surface area contributed by atoms with E-state index >= 15 is 0 Å². The molecule has 0 bridgehead atoms. The van der Waals surface area contributed by atoms with Gasteiger partial charge in [-0.1, -0.05) is 0 Å². The Morgan fingerprint density at radius 1 is 1.44 bits per heavy atom. The molecule has 18 heavy (non-hydrogen) atoms. The number of aryl methyl sites for hydroxylation is 2. The van der Waals surface area contributed by atoms with Crippen LogP contribution in [0.2, 0.25) is 0 Å². The number of rotatable bonds is 5. The molecule has 2 rings (SSSR count). The van der Waals surface area contributed by atoms with Crippen molar-refractivity contribution < 1.29 is 0 Å². The van der Waals surface area contributed by atoms with Crippen molar-refractivity contribution in [3.63, 3.8) is 0 Å². The fraction of sp³-hybridized carbons (Fsp3) is 0.462. The predicted molar refractivity (Wildman–Crippen MR) is 79.8 cm³/mol. The Bertz CT molecular complexity index is 505. The van der Waals surface area contributed by atoms with Gasteiger partial charge in [-0.05, 0) is 59.2 Å². The van der Waals surface area contributed by atoms with Gasteiger partial charge in [0.25, 0.3) is 0 Å². The van der Waals surface area contributed by atoms with Crippen molar-refractivity contribution in [2.75, 3.05) is 7.05 Å². The largest absolute Gasteiger partial charge is 0.296 e. The van der Waals surface area contributed by atoms with Crippen LogP contribution in [-0.2, 0) is 19.6 Å². The summed E-state index contributed by atoms with van der Waals surface area (Å²) in [5.74, 6) is 0. The van der Waals surface area contributed by atoms with Crippen LogP contribution in [0.4, 0.5) is 0 Å². The number of thiophene rings is 1. The average molecular weight is 328 g/mol. The Morgan fingerprint density at radius 3 is 2.83 bits per heavy atom. The van der Waals surface area contributed by atoms with Crippen molar-refractivity contribution in [2.45, 2.75) is 33.5 Å². The Kier molecular flexibility index (Phi) is 4.59. The van der Waals surface area contributed by atoms with Gasteiger partial charge in [0.1, 0.15) is 0 Å². The van der Waals surface area contributed by atoms with Gasteiger partial charge in [0.15, 0.2) is 0 Å². The molecule has 98 valence electrons. The van der Waals surface area contributed by atoms with Gasteiger partial charge in [0.05, 0.1) is 15.9 Å². The number of aromatic nitrogens is 2. The van der Waals surface area contributed by atoms with Crippen LogP contribution in [0, 0.1) is 6.92 Å². The van der Waals surface area contributed by atoms with Gasteiger partial charge in [-0.15, -0.1) is 0 Å². The fourth-order valence-electron chi connectivity index (χ4n) is 2.03. The first-order chi connectivity index (χ1) is 8.61. The first-order valence-corrected chi connectivity index (χ1v) is 7.76. The second-order valence-corrected chi connectivity index (χ2v) is 6.04. The Labute approximate surface area is 121 Å². The highest BCUT2D eigenvalue weighted by Gasteiger charge is 2.14. The van der Waals surface area contributed by atoms with Gasteiger partial charge < -0.3 is 0 Å². The third kappa shape index (κ3) is 3.02. The first-order valence-electron chi connectivity index (χ1n) is 6.03. The number of hydrogen-bond acceptors (Lipinski definition) is 3. The lowest BCUT2D eigenvalue weighted by molar-refractivity contribution is 0.307. The van der Waals surface area contributed by atoms with Crippen molar-refractivity contribution in [1.29, 1.82) is 0 Å². The topological polar surface area (TPSA) is 21.1 Å². The van der Waals surface area contributed by atoms with E-state index in [1.165, 1.54) is 11.3 Å². The van der Waals surface area contributed by atoms with E-state index in [1.54, 1.807) is 11.3 Å². The Morgan fingerprint density at radius 2 is 2.22 bits per heavy atom. The standard InChI is InChI=1S/C13H18BrN3S/c1-4-17-12(13(14)10(2)15-17)8-16(3)7-11-5-6-18-9-11/h5-6,9H,4,7-8H2,1-3H3. The summed E-state index contributed by atoms with van der Waals surface area (Å²) in [4.78, 5) is 2.31. The summed E-state index contributed by atoms with van der Waals surface area (Å²) in [6.07, 6.45) is 0. The molecule has 0 spiro atoms. The second-order valence-electron chi connectivity index (χ2n) is 4.47. The van der Waals surface area contributed by atoms with Crippen molar-refractivity contribution in [2.24, 2.45) is 0 Å². The van der Waals surface area contributed by atoms with Crippen LogP contribution in [0.1, 0.15) is 23.9 Å². The van der Waals surface area contributed by atoms with E-state index in [0.717, 1.165) is 29.8 Å². The van der Waals surface area contributed by atoms with Crippen LogP contribution >= 0.6 is 27.3 Å². The molecule has 0 aliphatic carbocycles. The van der Waals surface area contributed by atoms with E-state index in [1.807, 2.05) is 6.92 Å². The molecule has 0 unspecified atom stereocenters. The monoisotopic (exact) mass is 327 g/mol. The highest BCUT2D eigenvalue weighted by molar-refractivity contribution is 9.10. The third-order valence-electron chi connectivity index (χ3n) is 2.91. The maximum atomic E-state index is 4.52. The van der Waals surface area contributed by atoms with Gasteiger partial charge >= 0.3 is 0 Å². The highest BCUT2D eigenvalue weighted by atomic mass is 79.9. The van der Waals surface area contributed by atoms with Crippen molar-refractivity contribution in [1.82, 2.24) is 14.7 Å². The zero-order valence-corrected chi connectivity index (χ0v) is 13.4. The molecular formula is C13H18BrN3S. The fourth-order valence-corrected chi connectivity index (χ4v) is 3.10. The summed E-state index contributed by atoms with van der Waals surface area (Å²) < 4.78 is 3.21. The number of nitrogens with zero attached hydrogens (tertiary/aromatic N) is 3. The zero-order chi connectivity index (χ0) is 13.1. The lowest BCUT2D eigenvalue weighted by atomic mass is 10.3. The van der Waals surface area contributed by atoms with Crippen LogP contribution < -0.4 is 0 Å². The van der Waals surface area contributed by atoms with Crippen LogP contribution in [0.25, 0.3) is 0 Å². The molecule has 3 nitrogen and oxygen atoms in total. The molecule has 0 aliphatic heterocycles. The smallest absolute Gasteiger partial charge is 0.0739 e. The van der Waals surface area contributed by atoms with Gasteiger partial charge in [-0.25, -0.2) is 0 Å². The van der Waals surface area contributed by atoms with Crippen molar-refractivity contribution in [3.8, 4) is 0 Å². The van der Waals surface area contributed by atoms with Crippen molar-refractivity contribution >= 4 is 27.3 Å². The van der Waals surface area contributed by atoms with Gasteiger partial charge in [0, 0.05) is 19.6 Å². The lowest BCUT2D eigenvalue weighted by Gasteiger charge is -2.17. The normalized spacial score (nSPS) is 11.4. The predicted octanol–water partition coefficient (Wildman–Crippen LogP) is 3.67. The highest BCUT2D eigenvalue weighted by Crippen LogP contribution is 2.22. The van der Waals surface area contributed by atoms with Gasteiger partial charge in [-0.2, -0.15) is 16.4 Å². The molecule has 0 atom stereocenters. The van der Waals surface area contributed by atoms with Crippen molar-refractivity contribution in [3.05, 3.63) is 38.3 Å². The van der Waals surface area contributed by atoms with E-state index in [0.29, 0.717) is 0 Å². The number of halogens is 1. The van der Waals surface area contributed by atoms with E-state index in [9.17, 15) is 0 Å². The van der Waals surface area contributed by atoms with E-state index in [4.69, 9.17) is 0 Å². The van der Waals surface area contributed by atoms with E-state index in [2.05, 4.69) is 61.4 Å². The third-order valence-corrected chi connectivity index (χ3v) is 4.67. The molecule has 0 aromatic carbocycles. The maximum Gasteiger partial charge on any atom is 0.0739 e. The summed E-state index contributed by atoms with van der Waals surface area (Å²) in [6.45, 7) is 6.96. The Hall–Kier alpha value is -0.650. The minimum Gasteiger partial charge on any atom is -0.296 e. The molecule has 2 aromatic rings. The Balaban J connectivity index is 2.09. The maximum absolute atomic E-state index is 4.52. The quantitative estimate of drug-likeness (QED) is 0.835. The van der Waals surface area contributed by atoms with Gasteiger partial charge in [-0.3, -0.25) is 9.58 Å².